The van der Waals surface area contributed by atoms with E-state index < -0.39 is 15.9 Å². The fraction of sp³-hybridized carbons (Fsp3) is 0.368. The van der Waals surface area contributed by atoms with Gasteiger partial charge in [0, 0.05) is 18.0 Å². The molecule has 9 heteroatoms. The van der Waals surface area contributed by atoms with Crippen LogP contribution in [0.2, 0.25) is 0 Å². The van der Waals surface area contributed by atoms with Crippen LogP contribution in [0.3, 0.4) is 0 Å². The molecule has 1 atom stereocenters. The zero-order chi connectivity index (χ0) is 20.1. The van der Waals surface area contributed by atoms with Crippen molar-refractivity contribution in [2.45, 2.75) is 31.1 Å². The molecule has 2 heterocycles. The third kappa shape index (κ3) is 4.98. The molecule has 1 aliphatic rings. The summed E-state index contributed by atoms with van der Waals surface area (Å²) < 4.78 is 27.0. The molecule has 150 valence electrons. The van der Waals surface area contributed by atoms with Gasteiger partial charge in [0.15, 0.2) is 0 Å². The molecular weight excluding hydrogens is 398 g/mol. The predicted octanol–water partition coefficient (Wildman–Crippen LogP) is 1.85. The van der Waals surface area contributed by atoms with E-state index in [2.05, 4.69) is 10.9 Å². The van der Waals surface area contributed by atoms with Gasteiger partial charge in [-0.25, -0.2) is 8.42 Å². The lowest BCUT2D eigenvalue weighted by atomic mass is 9.99. The van der Waals surface area contributed by atoms with Gasteiger partial charge in [-0.05, 0) is 43.3 Å². The van der Waals surface area contributed by atoms with E-state index in [1.807, 2.05) is 24.4 Å². The third-order valence-electron chi connectivity index (χ3n) is 4.65. The zero-order valence-corrected chi connectivity index (χ0v) is 17.2. The summed E-state index contributed by atoms with van der Waals surface area (Å²) in [5.41, 5.74) is 5.82. The van der Waals surface area contributed by atoms with Gasteiger partial charge in [-0.1, -0.05) is 23.8 Å². The zero-order valence-electron chi connectivity index (χ0n) is 15.6. The van der Waals surface area contributed by atoms with Gasteiger partial charge in [0.1, 0.15) is 0 Å². The molecule has 2 N–H and O–H groups in total. The van der Waals surface area contributed by atoms with E-state index in [1.165, 1.54) is 15.6 Å². The van der Waals surface area contributed by atoms with Crippen LogP contribution in [0.25, 0.3) is 0 Å². The largest absolute Gasteiger partial charge is 0.273 e. The van der Waals surface area contributed by atoms with Crippen molar-refractivity contribution in [1.29, 1.82) is 0 Å². The van der Waals surface area contributed by atoms with Crippen LogP contribution in [0, 0.1) is 12.8 Å². The molecule has 0 unspecified atom stereocenters. The van der Waals surface area contributed by atoms with Crippen molar-refractivity contribution in [1.82, 2.24) is 15.2 Å². The first kappa shape index (κ1) is 20.5. The van der Waals surface area contributed by atoms with Crippen molar-refractivity contribution >= 4 is 33.2 Å². The number of nitrogens with one attached hydrogen (secondary N) is 2. The summed E-state index contributed by atoms with van der Waals surface area (Å²) in [6, 6.07) is 10.4. The van der Waals surface area contributed by atoms with Crippen LogP contribution in [-0.4, -0.2) is 37.6 Å². The predicted molar refractivity (Wildman–Crippen MR) is 107 cm³/mol. The summed E-state index contributed by atoms with van der Waals surface area (Å²) in [4.78, 5) is 25.5. The highest BCUT2D eigenvalue weighted by molar-refractivity contribution is 7.89. The van der Waals surface area contributed by atoms with Gasteiger partial charge < -0.3 is 0 Å². The highest BCUT2D eigenvalue weighted by Crippen LogP contribution is 2.24. The topological polar surface area (TPSA) is 95.6 Å². The van der Waals surface area contributed by atoms with Gasteiger partial charge in [-0.3, -0.25) is 20.4 Å². The second-order valence-corrected chi connectivity index (χ2v) is 9.78. The number of hydrogen-bond acceptors (Lipinski definition) is 5. The van der Waals surface area contributed by atoms with Crippen LogP contribution in [0.5, 0.6) is 0 Å². The number of aryl methyl sites for hydroxylation is 1. The van der Waals surface area contributed by atoms with E-state index in [0.717, 1.165) is 10.4 Å². The summed E-state index contributed by atoms with van der Waals surface area (Å²) in [6.45, 7) is 2.37. The van der Waals surface area contributed by atoms with E-state index in [0.29, 0.717) is 19.4 Å². The number of piperidine rings is 1. The molecule has 0 saturated carbocycles. The Morgan fingerprint density at radius 3 is 2.61 bits per heavy atom. The highest BCUT2D eigenvalue weighted by Gasteiger charge is 2.33. The molecule has 0 spiro atoms. The van der Waals surface area contributed by atoms with Gasteiger partial charge in [-0.15, -0.1) is 11.3 Å². The second-order valence-electron chi connectivity index (χ2n) is 6.81. The van der Waals surface area contributed by atoms with Gasteiger partial charge >= 0.3 is 0 Å². The number of rotatable bonds is 5. The summed E-state index contributed by atoms with van der Waals surface area (Å²) in [5, 5.41) is 1.88. The average Bonchev–Trinajstić information content (AvgIpc) is 3.19. The van der Waals surface area contributed by atoms with Crippen molar-refractivity contribution in [2.75, 3.05) is 13.1 Å². The number of carbonyl (C=O) groups excluding carboxylic acids is 2. The Morgan fingerprint density at radius 1 is 1.18 bits per heavy atom. The van der Waals surface area contributed by atoms with Crippen LogP contribution in [0.1, 0.15) is 23.3 Å². The lowest BCUT2D eigenvalue weighted by Crippen LogP contribution is -2.50. The molecular formula is C19H23N3O4S2. The first-order chi connectivity index (χ1) is 13.4. The lowest BCUT2D eigenvalue weighted by Gasteiger charge is -2.31. The maximum Gasteiger partial charge on any atom is 0.243 e. The van der Waals surface area contributed by atoms with Crippen LogP contribution in [0.15, 0.2) is 46.7 Å². The molecule has 2 aromatic rings. The standard InChI is InChI=1S/C19H23N3O4S2/c1-14-6-8-17(9-7-14)28(25,26)22-10-2-4-15(13-22)19(24)21-20-18(23)12-16-5-3-11-27-16/h3,5-9,11,15H,2,4,10,12-13H2,1H3,(H,20,23)(H,21,24)/t15-/m1/s1. The van der Waals surface area contributed by atoms with Gasteiger partial charge in [-0.2, -0.15) is 4.31 Å². The Bertz CT molecular complexity index is 925. The van der Waals surface area contributed by atoms with Crippen molar-refractivity contribution in [3.63, 3.8) is 0 Å². The van der Waals surface area contributed by atoms with E-state index in [1.54, 1.807) is 24.3 Å². The first-order valence-electron chi connectivity index (χ1n) is 9.04. The molecule has 1 saturated heterocycles. The quantitative estimate of drug-likeness (QED) is 0.720. The molecule has 1 aliphatic heterocycles. The minimum Gasteiger partial charge on any atom is -0.273 e. The maximum absolute atomic E-state index is 12.8. The fourth-order valence-electron chi connectivity index (χ4n) is 3.08. The van der Waals surface area contributed by atoms with Gasteiger partial charge in [0.05, 0.1) is 17.2 Å². The van der Waals surface area contributed by atoms with E-state index in [9.17, 15) is 18.0 Å². The normalized spacial score (nSPS) is 17.8. The average molecular weight is 422 g/mol. The molecule has 1 aromatic heterocycles. The van der Waals surface area contributed by atoms with Gasteiger partial charge in [0.25, 0.3) is 0 Å². The Balaban J connectivity index is 1.57. The van der Waals surface area contributed by atoms with Crippen LogP contribution in [0.4, 0.5) is 0 Å². The molecule has 28 heavy (non-hydrogen) atoms. The van der Waals surface area contributed by atoms with Crippen LogP contribution >= 0.6 is 11.3 Å². The number of hydrazine groups is 1. The Morgan fingerprint density at radius 2 is 1.93 bits per heavy atom. The van der Waals surface area contributed by atoms with Crippen molar-refractivity contribution < 1.29 is 18.0 Å². The van der Waals surface area contributed by atoms with Crippen LogP contribution < -0.4 is 10.9 Å². The minimum absolute atomic E-state index is 0.100. The third-order valence-corrected chi connectivity index (χ3v) is 7.41. The molecule has 2 amide bonds. The minimum atomic E-state index is -3.64. The molecule has 0 bridgehead atoms. The van der Waals surface area contributed by atoms with Gasteiger partial charge in [0.2, 0.25) is 21.8 Å². The Hall–Kier alpha value is -2.23. The van der Waals surface area contributed by atoms with Crippen LogP contribution in [-0.2, 0) is 26.0 Å². The monoisotopic (exact) mass is 421 g/mol. The Kier molecular flexibility index (Phi) is 6.48. The smallest absolute Gasteiger partial charge is 0.243 e. The second kappa shape index (κ2) is 8.85. The Labute approximate surface area is 168 Å². The lowest BCUT2D eigenvalue weighted by molar-refractivity contribution is -0.131. The number of thiophene rings is 1. The summed E-state index contributed by atoms with van der Waals surface area (Å²) in [5.74, 6) is -1.19. The summed E-state index contributed by atoms with van der Waals surface area (Å²) >= 11 is 1.47. The molecule has 3 rings (SSSR count). The van der Waals surface area contributed by atoms with Crippen molar-refractivity contribution in [2.24, 2.45) is 5.92 Å². The molecule has 1 fully saturated rings. The molecule has 1 aromatic carbocycles. The maximum atomic E-state index is 12.8. The molecule has 7 nitrogen and oxygen atoms in total. The van der Waals surface area contributed by atoms with Crippen molar-refractivity contribution in [3.05, 3.63) is 52.2 Å². The fourth-order valence-corrected chi connectivity index (χ4v) is 5.31. The summed E-state index contributed by atoms with van der Waals surface area (Å²) in [7, 11) is -3.64. The highest BCUT2D eigenvalue weighted by atomic mass is 32.2. The summed E-state index contributed by atoms with van der Waals surface area (Å²) in [6.07, 6.45) is 1.36. The molecule has 0 aliphatic carbocycles. The van der Waals surface area contributed by atoms with E-state index >= 15 is 0 Å². The number of amides is 2. The number of benzene rings is 1. The number of sulfonamides is 1. The SMILES string of the molecule is Cc1ccc(S(=O)(=O)N2CCC[C@@H](C(=O)NNC(=O)Cc3cccs3)C2)cc1. The number of nitrogens with zero attached hydrogens (tertiary/aromatic N) is 1. The first-order valence-corrected chi connectivity index (χ1v) is 11.4. The van der Waals surface area contributed by atoms with E-state index in [-0.39, 0.29) is 29.7 Å². The number of carbonyl (C=O) groups is 2. The number of hydrogen-bond donors (Lipinski definition) is 2. The van der Waals surface area contributed by atoms with Crippen molar-refractivity contribution in [3.8, 4) is 0 Å². The van der Waals surface area contributed by atoms with E-state index in [4.69, 9.17) is 0 Å². The molecule has 0 radical (unpaired) electrons.